The summed E-state index contributed by atoms with van der Waals surface area (Å²) < 4.78 is 7.89. The maximum Gasteiger partial charge on any atom is 0.133 e. The number of benzene rings is 2. The number of rotatable bonds is 5. The van der Waals surface area contributed by atoms with Crippen LogP contribution in [0.5, 0.6) is 5.75 Å². The Morgan fingerprint density at radius 1 is 0.839 bits per heavy atom. The molecule has 5 rings (SSSR count). The highest BCUT2D eigenvalue weighted by atomic mass is 16.5. The summed E-state index contributed by atoms with van der Waals surface area (Å²) >= 11 is 0. The molecule has 0 radical (unpaired) electrons. The maximum absolute atomic E-state index is 6.07. The van der Waals surface area contributed by atoms with E-state index in [1.54, 1.807) is 0 Å². The first-order chi connectivity index (χ1) is 15.2. The largest absolute Gasteiger partial charge is 0.487 e. The van der Waals surface area contributed by atoms with Crippen molar-refractivity contribution in [1.82, 2.24) is 19.7 Å². The van der Waals surface area contributed by atoms with Gasteiger partial charge in [-0.15, -0.1) is 0 Å². The Labute approximate surface area is 181 Å². The van der Waals surface area contributed by atoms with Crippen molar-refractivity contribution in [3.63, 3.8) is 0 Å². The molecule has 0 unspecified atom stereocenters. The molecule has 2 aromatic carbocycles. The molecular weight excluding hydrogens is 384 g/mol. The van der Waals surface area contributed by atoms with Crippen molar-refractivity contribution in [2.45, 2.75) is 13.5 Å². The highest BCUT2D eigenvalue weighted by Gasteiger charge is 2.12. The van der Waals surface area contributed by atoms with Crippen molar-refractivity contribution in [3.8, 4) is 28.0 Å². The number of ether oxygens (including phenoxy) is 1. The van der Waals surface area contributed by atoms with Crippen LogP contribution in [0.15, 0.2) is 85.3 Å². The zero-order valence-corrected chi connectivity index (χ0v) is 17.5. The van der Waals surface area contributed by atoms with Gasteiger partial charge < -0.3 is 4.74 Å². The summed E-state index contributed by atoms with van der Waals surface area (Å²) in [6.45, 7) is 2.38. The van der Waals surface area contributed by atoms with Gasteiger partial charge in [-0.05, 0) is 48.4 Å². The number of pyridine rings is 2. The van der Waals surface area contributed by atoms with Crippen molar-refractivity contribution < 1.29 is 4.74 Å². The number of para-hydroxylation sites is 1. The Hall–Kier alpha value is -3.99. The first-order valence-electron chi connectivity index (χ1n) is 10.2. The molecule has 0 aliphatic rings. The average Bonchev–Trinajstić information content (AvgIpc) is 3.18. The van der Waals surface area contributed by atoms with Crippen LogP contribution in [0.2, 0.25) is 0 Å². The van der Waals surface area contributed by atoms with Crippen LogP contribution in [0.4, 0.5) is 0 Å². The Morgan fingerprint density at radius 3 is 2.52 bits per heavy atom. The van der Waals surface area contributed by atoms with E-state index in [1.807, 2.05) is 61.5 Å². The molecule has 5 nitrogen and oxygen atoms in total. The summed E-state index contributed by atoms with van der Waals surface area (Å²) in [5.74, 6) is 0.805. The van der Waals surface area contributed by atoms with E-state index >= 15 is 0 Å². The Kier molecular flexibility index (Phi) is 4.92. The zero-order chi connectivity index (χ0) is 21.2. The highest BCUT2D eigenvalue weighted by molar-refractivity contribution is 5.93. The van der Waals surface area contributed by atoms with Crippen LogP contribution >= 0.6 is 0 Å². The maximum atomic E-state index is 6.07. The molecule has 0 atom stereocenters. The van der Waals surface area contributed by atoms with E-state index in [9.17, 15) is 0 Å². The second-order valence-corrected chi connectivity index (χ2v) is 7.54. The van der Waals surface area contributed by atoms with Crippen molar-refractivity contribution in [1.29, 1.82) is 0 Å². The molecule has 31 heavy (non-hydrogen) atoms. The predicted molar refractivity (Wildman–Crippen MR) is 123 cm³/mol. The molecule has 3 heterocycles. The van der Waals surface area contributed by atoms with Crippen LogP contribution < -0.4 is 4.74 Å². The van der Waals surface area contributed by atoms with Crippen LogP contribution in [0.3, 0.4) is 0 Å². The van der Waals surface area contributed by atoms with Crippen molar-refractivity contribution >= 4 is 10.9 Å². The van der Waals surface area contributed by atoms with Crippen molar-refractivity contribution in [2.24, 2.45) is 7.05 Å². The van der Waals surface area contributed by atoms with E-state index in [0.717, 1.165) is 50.3 Å². The predicted octanol–water partition coefficient (Wildman–Crippen LogP) is 5.58. The normalized spacial score (nSPS) is 11.0. The first kappa shape index (κ1) is 19.0. The lowest BCUT2D eigenvalue weighted by Gasteiger charge is -2.09. The Morgan fingerprint density at radius 2 is 1.68 bits per heavy atom. The molecule has 0 N–H and O–H groups in total. The van der Waals surface area contributed by atoms with Gasteiger partial charge in [0.05, 0.1) is 5.52 Å². The van der Waals surface area contributed by atoms with E-state index in [4.69, 9.17) is 4.74 Å². The molecule has 0 amide bonds. The standard InChI is InChI=1S/C26H22N4O/c1-18-15-21(12-14-27-18)24-16-30(2)29-25(24)17-31-22-10-8-19(9-11-22)23-7-3-5-20-6-4-13-28-26(20)23/h3-16H,17H2,1-2H3. The van der Waals surface area contributed by atoms with Gasteiger partial charge in [0.25, 0.3) is 0 Å². The van der Waals surface area contributed by atoms with E-state index in [1.165, 1.54) is 0 Å². The zero-order valence-electron chi connectivity index (χ0n) is 17.5. The van der Waals surface area contributed by atoms with Crippen LogP contribution in [-0.2, 0) is 13.7 Å². The molecular formula is C26H22N4O. The molecule has 5 heteroatoms. The minimum absolute atomic E-state index is 0.396. The molecule has 152 valence electrons. The average molecular weight is 406 g/mol. The van der Waals surface area contributed by atoms with Gasteiger partial charge >= 0.3 is 0 Å². The summed E-state index contributed by atoms with van der Waals surface area (Å²) in [6, 6.07) is 22.5. The number of hydrogen-bond donors (Lipinski definition) is 0. The lowest BCUT2D eigenvalue weighted by Crippen LogP contribution is -1.99. The second-order valence-electron chi connectivity index (χ2n) is 7.54. The van der Waals surface area contributed by atoms with E-state index < -0.39 is 0 Å². The fourth-order valence-corrected chi connectivity index (χ4v) is 3.81. The van der Waals surface area contributed by atoms with Gasteiger partial charge in [0.15, 0.2) is 0 Å². The quantitative estimate of drug-likeness (QED) is 0.382. The van der Waals surface area contributed by atoms with Crippen LogP contribution in [0, 0.1) is 6.92 Å². The third kappa shape index (κ3) is 3.90. The topological polar surface area (TPSA) is 52.8 Å². The van der Waals surface area contributed by atoms with Gasteiger partial charge in [-0.25, -0.2) is 0 Å². The molecule has 0 aliphatic carbocycles. The summed E-state index contributed by atoms with van der Waals surface area (Å²) in [5.41, 5.74) is 7.27. The summed E-state index contributed by atoms with van der Waals surface area (Å²) in [5, 5.41) is 5.73. The molecule has 0 aliphatic heterocycles. The fourth-order valence-electron chi connectivity index (χ4n) is 3.81. The third-order valence-electron chi connectivity index (χ3n) is 5.29. The van der Waals surface area contributed by atoms with Gasteiger partial charge in [0.2, 0.25) is 0 Å². The molecule has 0 fully saturated rings. The molecule has 0 bridgehead atoms. The lowest BCUT2D eigenvalue weighted by atomic mass is 10.0. The third-order valence-corrected chi connectivity index (χ3v) is 5.29. The van der Waals surface area contributed by atoms with Gasteiger partial charge in [0, 0.05) is 47.8 Å². The number of hydrogen-bond acceptors (Lipinski definition) is 4. The molecule has 3 aromatic heterocycles. The Bertz CT molecular complexity index is 1350. The van der Waals surface area contributed by atoms with E-state index in [0.29, 0.717) is 6.61 Å². The number of nitrogens with zero attached hydrogens (tertiary/aromatic N) is 4. The minimum atomic E-state index is 0.396. The second kappa shape index (κ2) is 8.03. The summed E-state index contributed by atoms with van der Waals surface area (Å²) in [7, 11) is 1.92. The van der Waals surface area contributed by atoms with Crippen molar-refractivity contribution in [2.75, 3.05) is 0 Å². The molecule has 0 spiro atoms. The Balaban J connectivity index is 1.37. The van der Waals surface area contributed by atoms with Crippen LogP contribution in [0.1, 0.15) is 11.4 Å². The van der Waals surface area contributed by atoms with Gasteiger partial charge in [-0.2, -0.15) is 5.10 Å². The van der Waals surface area contributed by atoms with Crippen LogP contribution in [0.25, 0.3) is 33.2 Å². The molecule has 5 aromatic rings. The van der Waals surface area contributed by atoms with E-state index in [2.05, 4.69) is 57.5 Å². The summed E-state index contributed by atoms with van der Waals surface area (Å²) in [4.78, 5) is 8.84. The monoisotopic (exact) mass is 406 g/mol. The van der Waals surface area contributed by atoms with Crippen molar-refractivity contribution in [3.05, 3.63) is 96.7 Å². The van der Waals surface area contributed by atoms with Gasteiger partial charge in [-0.1, -0.05) is 36.4 Å². The molecule has 0 saturated heterocycles. The fraction of sp³-hybridized carbons (Fsp3) is 0.115. The smallest absolute Gasteiger partial charge is 0.133 e. The SMILES string of the molecule is Cc1cc(-c2cn(C)nc2COc2ccc(-c3cccc4cccnc34)cc2)ccn1. The van der Waals surface area contributed by atoms with Crippen LogP contribution in [-0.4, -0.2) is 19.7 Å². The number of fused-ring (bicyclic) bond motifs is 1. The lowest BCUT2D eigenvalue weighted by molar-refractivity contribution is 0.300. The van der Waals surface area contributed by atoms with Gasteiger partial charge in [0.1, 0.15) is 18.1 Å². The van der Waals surface area contributed by atoms with Gasteiger partial charge in [-0.3, -0.25) is 14.6 Å². The summed E-state index contributed by atoms with van der Waals surface area (Å²) in [6.07, 6.45) is 5.67. The number of aromatic nitrogens is 4. The highest BCUT2D eigenvalue weighted by Crippen LogP contribution is 2.29. The first-order valence-corrected chi connectivity index (χ1v) is 10.2. The number of aryl methyl sites for hydroxylation is 2. The van der Waals surface area contributed by atoms with E-state index in [-0.39, 0.29) is 0 Å². The molecule has 0 saturated carbocycles. The minimum Gasteiger partial charge on any atom is -0.487 e.